The van der Waals surface area contributed by atoms with E-state index in [4.69, 9.17) is 16.3 Å². The van der Waals surface area contributed by atoms with Gasteiger partial charge in [0.25, 0.3) is 0 Å². The van der Waals surface area contributed by atoms with E-state index in [9.17, 15) is 9.59 Å². The molecule has 26 heavy (non-hydrogen) atoms. The Bertz CT molecular complexity index is 806. The topological polar surface area (TPSA) is 88.5 Å². The molecule has 2 rings (SSSR count). The summed E-state index contributed by atoms with van der Waals surface area (Å²) in [5, 5.41) is 10.1. The van der Waals surface area contributed by atoms with Gasteiger partial charge in [0, 0.05) is 18.1 Å². The zero-order valence-electron chi connectivity index (χ0n) is 15.2. The van der Waals surface area contributed by atoms with Crippen LogP contribution in [0.5, 0.6) is 5.75 Å². The number of likely N-dealkylation sites (N-methyl/N-ethyl adjacent to an activating group) is 1. The lowest BCUT2D eigenvalue weighted by molar-refractivity contribution is -0.119. The number of rotatable bonds is 7. The van der Waals surface area contributed by atoms with Crippen LogP contribution in [-0.4, -0.2) is 53.7 Å². The van der Waals surface area contributed by atoms with Gasteiger partial charge in [0.1, 0.15) is 11.6 Å². The first-order valence-electron chi connectivity index (χ1n) is 7.91. The SMILES string of the molecule is COc1ccc(Cl)cc1NC(=O)CN(C)CC(=O)Nc1cc(C)nn1C. The predicted molar refractivity (Wildman–Crippen MR) is 101 cm³/mol. The molecule has 0 aliphatic rings. The molecule has 0 saturated carbocycles. The number of benzene rings is 1. The highest BCUT2D eigenvalue weighted by atomic mass is 35.5. The minimum atomic E-state index is -0.280. The number of carbonyl (C=O) groups is 2. The Morgan fingerprint density at radius 1 is 1.23 bits per heavy atom. The van der Waals surface area contributed by atoms with Crippen LogP contribution in [-0.2, 0) is 16.6 Å². The molecule has 0 aliphatic heterocycles. The second kappa shape index (κ2) is 8.68. The highest BCUT2D eigenvalue weighted by Gasteiger charge is 2.14. The lowest BCUT2D eigenvalue weighted by Gasteiger charge is -2.17. The van der Waals surface area contributed by atoms with Crippen LogP contribution < -0.4 is 15.4 Å². The molecule has 2 N–H and O–H groups in total. The second-order valence-corrected chi connectivity index (χ2v) is 6.34. The molecule has 0 fully saturated rings. The molecule has 2 aromatic rings. The number of ether oxygens (including phenoxy) is 1. The smallest absolute Gasteiger partial charge is 0.239 e. The zero-order valence-corrected chi connectivity index (χ0v) is 15.9. The number of carbonyl (C=O) groups excluding carboxylic acids is 2. The summed E-state index contributed by atoms with van der Waals surface area (Å²) >= 11 is 5.95. The van der Waals surface area contributed by atoms with Crippen molar-refractivity contribution in [2.45, 2.75) is 6.92 Å². The summed E-state index contributed by atoms with van der Waals surface area (Å²) in [6.45, 7) is 1.94. The third-order valence-electron chi connectivity index (χ3n) is 3.53. The Balaban J connectivity index is 1.88. The van der Waals surface area contributed by atoms with Gasteiger partial charge in [-0.15, -0.1) is 0 Å². The third kappa shape index (κ3) is 5.47. The lowest BCUT2D eigenvalue weighted by Crippen LogP contribution is -2.36. The van der Waals surface area contributed by atoms with Crippen molar-refractivity contribution in [3.8, 4) is 5.75 Å². The molecule has 0 unspecified atom stereocenters. The largest absolute Gasteiger partial charge is 0.495 e. The van der Waals surface area contributed by atoms with Crippen LogP contribution in [0, 0.1) is 6.92 Å². The van der Waals surface area contributed by atoms with Gasteiger partial charge in [-0.2, -0.15) is 5.10 Å². The monoisotopic (exact) mass is 379 g/mol. The van der Waals surface area contributed by atoms with Gasteiger partial charge < -0.3 is 15.4 Å². The number of amides is 2. The van der Waals surface area contributed by atoms with E-state index in [1.54, 1.807) is 47.9 Å². The van der Waals surface area contributed by atoms with Crippen molar-refractivity contribution >= 4 is 34.9 Å². The van der Waals surface area contributed by atoms with E-state index in [1.807, 2.05) is 6.92 Å². The van der Waals surface area contributed by atoms with E-state index >= 15 is 0 Å². The normalized spacial score (nSPS) is 10.7. The number of aromatic nitrogens is 2. The summed E-state index contributed by atoms with van der Waals surface area (Å²) in [4.78, 5) is 25.9. The summed E-state index contributed by atoms with van der Waals surface area (Å²) in [6.07, 6.45) is 0. The minimum Gasteiger partial charge on any atom is -0.495 e. The van der Waals surface area contributed by atoms with Crippen molar-refractivity contribution in [1.29, 1.82) is 0 Å². The number of hydrogen-bond donors (Lipinski definition) is 2. The molecule has 140 valence electrons. The maximum Gasteiger partial charge on any atom is 0.239 e. The van der Waals surface area contributed by atoms with E-state index in [2.05, 4.69) is 15.7 Å². The average molecular weight is 380 g/mol. The Morgan fingerprint density at radius 3 is 2.46 bits per heavy atom. The molecule has 0 atom stereocenters. The van der Waals surface area contributed by atoms with Crippen LogP contribution in [0.2, 0.25) is 5.02 Å². The summed E-state index contributed by atoms with van der Waals surface area (Å²) < 4.78 is 6.78. The Morgan fingerprint density at radius 2 is 1.88 bits per heavy atom. The first-order valence-corrected chi connectivity index (χ1v) is 8.28. The highest BCUT2D eigenvalue weighted by molar-refractivity contribution is 6.31. The molecule has 1 heterocycles. The van der Waals surface area contributed by atoms with Crippen molar-refractivity contribution in [2.24, 2.45) is 7.05 Å². The molecule has 0 saturated heterocycles. The summed E-state index contributed by atoms with van der Waals surface area (Å²) in [7, 11) is 4.94. The maximum atomic E-state index is 12.2. The molecule has 2 amide bonds. The van der Waals surface area contributed by atoms with E-state index in [-0.39, 0.29) is 24.9 Å². The molecular formula is C17H22ClN5O3. The van der Waals surface area contributed by atoms with Crippen LogP contribution >= 0.6 is 11.6 Å². The van der Waals surface area contributed by atoms with Crippen LogP contribution in [0.15, 0.2) is 24.3 Å². The molecular weight excluding hydrogens is 358 g/mol. The molecule has 0 spiro atoms. The van der Waals surface area contributed by atoms with Gasteiger partial charge in [0.05, 0.1) is 31.6 Å². The fourth-order valence-electron chi connectivity index (χ4n) is 2.42. The van der Waals surface area contributed by atoms with E-state index in [0.29, 0.717) is 22.3 Å². The summed E-state index contributed by atoms with van der Waals surface area (Å²) in [5.41, 5.74) is 1.29. The number of nitrogens with zero attached hydrogens (tertiary/aromatic N) is 3. The van der Waals surface area contributed by atoms with Crippen molar-refractivity contribution in [3.63, 3.8) is 0 Å². The summed E-state index contributed by atoms with van der Waals surface area (Å²) in [6, 6.07) is 6.73. The Labute approximate surface area is 157 Å². The van der Waals surface area contributed by atoms with E-state index in [0.717, 1.165) is 5.69 Å². The standard InChI is InChI=1S/C17H22ClN5O3/c1-11-7-15(23(3)21-11)20-17(25)10-22(2)9-16(24)19-13-8-12(18)5-6-14(13)26-4/h5-8H,9-10H2,1-4H3,(H,19,24)(H,20,25). The van der Waals surface area contributed by atoms with Crippen molar-refractivity contribution in [3.05, 3.63) is 35.0 Å². The van der Waals surface area contributed by atoms with E-state index in [1.165, 1.54) is 7.11 Å². The van der Waals surface area contributed by atoms with Gasteiger partial charge in [0.2, 0.25) is 11.8 Å². The van der Waals surface area contributed by atoms with Crippen molar-refractivity contribution in [1.82, 2.24) is 14.7 Å². The number of methoxy groups -OCH3 is 1. The molecule has 9 heteroatoms. The molecule has 0 bridgehead atoms. The quantitative estimate of drug-likeness (QED) is 0.767. The third-order valence-corrected chi connectivity index (χ3v) is 3.77. The minimum absolute atomic E-state index is 0.0352. The second-order valence-electron chi connectivity index (χ2n) is 5.91. The van der Waals surface area contributed by atoms with Crippen LogP contribution in [0.3, 0.4) is 0 Å². The average Bonchev–Trinajstić information content (AvgIpc) is 2.84. The Kier molecular flexibility index (Phi) is 6.59. The fourth-order valence-corrected chi connectivity index (χ4v) is 2.60. The van der Waals surface area contributed by atoms with Gasteiger partial charge in [-0.3, -0.25) is 19.2 Å². The van der Waals surface area contributed by atoms with Gasteiger partial charge in [0.15, 0.2) is 0 Å². The number of anilines is 2. The fraction of sp³-hybridized carbons (Fsp3) is 0.353. The zero-order chi connectivity index (χ0) is 19.3. The first-order chi connectivity index (χ1) is 12.3. The van der Waals surface area contributed by atoms with Crippen molar-refractivity contribution < 1.29 is 14.3 Å². The van der Waals surface area contributed by atoms with Gasteiger partial charge in [-0.25, -0.2) is 0 Å². The molecule has 1 aromatic carbocycles. The first kappa shape index (κ1) is 19.7. The maximum absolute atomic E-state index is 12.2. The number of hydrogen-bond acceptors (Lipinski definition) is 5. The van der Waals surface area contributed by atoms with Gasteiger partial charge in [-0.05, 0) is 32.2 Å². The summed E-state index contributed by atoms with van der Waals surface area (Å²) in [5.74, 6) is 0.601. The molecule has 0 radical (unpaired) electrons. The van der Waals surface area contributed by atoms with Gasteiger partial charge >= 0.3 is 0 Å². The van der Waals surface area contributed by atoms with Gasteiger partial charge in [-0.1, -0.05) is 11.6 Å². The molecule has 8 nitrogen and oxygen atoms in total. The molecule has 0 aliphatic carbocycles. The van der Waals surface area contributed by atoms with Crippen LogP contribution in [0.4, 0.5) is 11.5 Å². The highest BCUT2D eigenvalue weighted by Crippen LogP contribution is 2.27. The van der Waals surface area contributed by atoms with E-state index < -0.39 is 0 Å². The number of nitrogens with one attached hydrogen (secondary N) is 2. The van der Waals surface area contributed by atoms with Crippen LogP contribution in [0.1, 0.15) is 5.69 Å². The van der Waals surface area contributed by atoms with Crippen molar-refractivity contribution in [2.75, 3.05) is 37.9 Å². The lowest BCUT2D eigenvalue weighted by atomic mass is 10.3. The number of aryl methyl sites for hydroxylation is 2. The van der Waals surface area contributed by atoms with Crippen LogP contribution in [0.25, 0.3) is 0 Å². The predicted octanol–water partition coefficient (Wildman–Crippen LogP) is 1.90. The number of halogens is 1. The molecule has 1 aromatic heterocycles. The Hall–Kier alpha value is -2.58.